The van der Waals surface area contributed by atoms with Crippen LogP contribution in [0, 0.1) is 0 Å². The molecule has 0 saturated heterocycles. The fourth-order valence-corrected chi connectivity index (χ4v) is 6.67. The van der Waals surface area contributed by atoms with Gasteiger partial charge < -0.3 is 0 Å². The molecule has 2 rings (SSSR count). The van der Waals surface area contributed by atoms with Crippen LogP contribution in [-0.2, 0) is 38.9 Å². The third-order valence-electron chi connectivity index (χ3n) is 8.14. The highest BCUT2D eigenvalue weighted by Gasteiger charge is 2.43. The first-order valence-corrected chi connectivity index (χ1v) is 15.4. The minimum absolute atomic E-state index is 0.0265. The molecule has 39 heavy (non-hydrogen) atoms. The third kappa shape index (κ3) is 7.40. The lowest BCUT2D eigenvalue weighted by Crippen LogP contribution is -2.37. The van der Waals surface area contributed by atoms with Crippen molar-refractivity contribution in [3.05, 3.63) is 68.8 Å². The van der Waals surface area contributed by atoms with Gasteiger partial charge in [-0.25, -0.2) is 0 Å². The Bertz CT molecular complexity index is 1090. The van der Waals surface area contributed by atoms with E-state index in [9.17, 15) is 0 Å². The zero-order chi connectivity index (χ0) is 30.7. The molecule has 0 fully saturated rings. The maximum atomic E-state index is 2.49. The molecule has 0 radical (unpaired) electrons. The molecule has 0 aliphatic heterocycles. The normalized spacial score (nSPS) is 15.1. The molecule has 0 aromatic heterocycles. The van der Waals surface area contributed by atoms with Gasteiger partial charge in [-0.3, -0.25) is 0 Å². The number of rotatable bonds is 3. The van der Waals surface area contributed by atoms with Gasteiger partial charge >= 0.3 is 0 Å². The van der Waals surface area contributed by atoms with Gasteiger partial charge in [-0.05, 0) is 89.3 Å². The Morgan fingerprint density at radius 1 is 0.410 bits per heavy atom. The molecule has 0 aliphatic carbocycles. The van der Waals surface area contributed by atoms with E-state index in [1.807, 2.05) is 0 Å². The molecule has 0 heteroatoms. The molecule has 0 heterocycles. The molecule has 0 nitrogen and oxygen atoms in total. The van der Waals surface area contributed by atoms with Crippen LogP contribution in [0.15, 0.2) is 24.3 Å². The van der Waals surface area contributed by atoms with Crippen LogP contribution in [0.25, 0.3) is 0 Å². The molecule has 1 atom stereocenters. The lowest BCUT2D eigenvalue weighted by Gasteiger charge is -2.47. The zero-order valence-electron chi connectivity index (χ0n) is 29.6. The molecule has 0 saturated carbocycles. The molecule has 0 aliphatic rings. The van der Waals surface area contributed by atoms with Crippen LogP contribution in [0.4, 0.5) is 0 Å². The maximum absolute atomic E-state index is 2.49. The average molecular weight is 533 g/mol. The van der Waals surface area contributed by atoms with Crippen LogP contribution in [0.2, 0.25) is 0 Å². The number of hydrogen-bond donors (Lipinski definition) is 0. The van der Waals surface area contributed by atoms with Gasteiger partial charge in [0.05, 0.1) is 0 Å². The van der Waals surface area contributed by atoms with Gasteiger partial charge in [0.15, 0.2) is 0 Å². The Kier molecular flexibility index (Phi) is 8.94. The molecule has 2 aromatic rings. The van der Waals surface area contributed by atoms with Crippen LogP contribution in [0.5, 0.6) is 0 Å². The summed E-state index contributed by atoms with van der Waals surface area (Å²) in [5.41, 5.74) is 12.7. The summed E-state index contributed by atoms with van der Waals surface area (Å²) in [5, 5.41) is 0. The van der Waals surface area contributed by atoms with E-state index in [4.69, 9.17) is 0 Å². The van der Waals surface area contributed by atoms with Crippen molar-refractivity contribution in [3.63, 3.8) is 0 Å². The summed E-state index contributed by atoms with van der Waals surface area (Å²) in [7, 11) is 0. The number of benzene rings is 2. The van der Waals surface area contributed by atoms with E-state index in [1.165, 1.54) is 11.1 Å². The summed E-state index contributed by atoms with van der Waals surface area (Å²) in [4.78, 5) is 0. The van der Waals surface area contributed by atoms with Gasteiger partial charge in [0.2, 0.25) is 0 Å². The standard InChI is InChI=1S/C39H64/c1-25(24-26-20-22-27(23-21-26)34(2,3)4)28-29(35(5,6)7)31(37(11,12)13)33(39(17,18)19)32(38(14,15)16)30(28)36(8,9)10/h20-23,25H,24H2,1-19H3. The van der Waals surface area contributed by atoms with Crippen molar-refractivity contribution in [1.29, 1.82) is 0 Å². The van der Waals surface area contributed by atoms with Crippen molar-refractivity contribution >= 4 is 0 Å². The molecule has 0 bridgehead atoms. The molecule has 0 N–H and O–H groups in total. The lowest BCUT2D eigenvalue weighted by molar-refractivity contribution is 0.449. The summed E-state index contributed by atoms with van der Waals surface area (Å²) in [6, 6.07) is 9.45. The van der Waals surface area contributed by atoms with Gasteiger partial charge in [0.25, 0.3) is 0 Å². The van der Waals surface area contributed by atoms with E-state index in [0.29, 0.717) is 5.92 Å². The largest absolute Gasteiger partial charge is 0.0587 e. The highest BCUT2D eigenvalue weighted by atomic mass is 14.5. The van der Waals surface area contributed by atoms with Gasteiger partial charge in [0.1, 0.15) is 0 Å². The SMILES string of the molecule is CC(Cc1ccc(C(C)(C)C)cc1)c1c(C(C)(C)C)c(C(C)(C)C)c(C(C)(C)C)c(C(C)(C)C)c1C(C)(C)C. The summed E-state index contributed by atoms with van der Waals surface area (Å²) >= 11 is 0. The first-order chi connectivity index (χ1) is 17.1. The van der Waals surface area contributed by atoms with Crippen molar-refractivity contribution < 1.29 is 0 Å². The fraction of sp³-hybridized carbons (Fsp3) is 0.692. The van der Waals surface area contributed by atoms with Crippen LogP contribution < -0.4 is 0 Å². The monoisotopic (exact) mass is 533 g/mol. The second-order valence-corrected chi connectivity index (χ2v) is 18.6. The van der Waals surface area contributed by atoms with E-state index < -0.39 is 0 Å². The van der Waals surface area contributed by atoms with Crippen molar-refractivity contribution in [3.8, 4) is 0 Å². The Morgan fingerprint density at radius 2 is 0.692 bits per heavy atom. The lowest BCUT2D eigenvalue weighted by atomic mass is 9.58. The minimum atomic E-state index is 0.0265. The molecular weight excluding hydrogens is 468 g/mol. The first kappa shape index (κ1) is 33.6. The van der Waals surface area contributed by atoms with E-state index >= 15 is 0 Å². The van der Waals surface area contributed by atoms with Crippen molar-refractivity contribution in [1.82, 2.24) is 0 Å². The Balaban J connectivity index is 3.17. The van der Waals surface area contributed by atoms with Crippen LogP contribution in [-0.4, -0.2) is 0 Å². The third-order valence-corrected chi connectivity index (χ3v) is 8.14. The Labute approximate surface area is 244 Å². The second kappa shape index (κ2) is 10.4. The average Bonchev–Trinajstić information content (AvgIpc) is 2.67. The van der Waals surface area contributed by atoms with Gasteiger partial charge in [-0.1, -0.05) is 156 Å². The van der Waals surface area contributed by atoms with Crippen molar-refractivity contribution in [2.75, 3.05) is 0 Å². The van der Waals surface area contributed by atoms with E-state index in [0.717, 1.165) is 6.42 Å². The summed E-state index contributed by atoms with van der Waals surface area (Å²) in [6.45, 7) is 46.0. The zero-order valence-corrected chi connectivity index (χ0v) is 29.6. The van der Waals surface area contributed by atoms with Crippen LogP contribution in [0.3, 0.4) is 0 Å². The van der Waals surface area contributed by atoms with Gasteiger partial charge in [0, 0.05) is 0 Å². The van der Waals surface area contributed by atoms with Crippen LogP contribution in [0.1, 0.15) is 182 Å². The molecule has 0 spiro atoms. The summed E-state index contributed by atoms with van der Waals surface area (Å²) < 4.78 is 0. The number of hydrogen-bond acceptors (Lipinski definition) is 0. The van der Waals surface area contributed by atoms with Crippen molar-refractivity contribution in [2.24, 2.45) is 0 Å². The topological polar surface area (TPSA) is 0 Å². The first-order valence-electron chi connectivity index (χ1n) is 15.4. The van der Waals surface area contributed by atoms with E-state index in [-0.39, 0.29) is 32.5 Å². The van der Waals surface area contributed by atoms with Gasteiger partial charge in [-0.2, -0.15) is 0 Å². The van der Waals surface area contributed by atoms with E-state index in [2.05, 4.69) is 156 Å². The second-order valence-electron chi connectivity index (χ2n) is 18.6. The summed E-state index contributed by atoms with van der Waals surface area (Å²) in [6.07, 6.45) is 1.05. The molecule has 0 amide bonds. The predicted octanol–water partition coefficient (Wildman–Crippen LogP) is 11.8. The maximum Gasteiger partial charge on any atom is -0.0126 e. The molecule has 220 valence electrons. The Hall–Kier alpha value is -1.56. The Morgan fingerprint density at radius 3 is 0.949 bits per heavy atom. The highest BCUT2D eigenvalue weighted by molar-refractivity contribution is 5.63. The minimum Gasteiger partial charge on any atom is -0.0587 e. The smallest absolute Gasteiger partial charge is 0.0126 e. The van der Waals surface area contributed by atoms with Crippen molar-refractivity contribution in [2.45, 2.75) is 176 Å². The molecule has 1 unspecified atom stereocenters. The molecule has 2 aromatic carbocycles. The summed E-state index contributed by atoms with van der Waals surface area (Å²) in [5.74, 6) is 0.408. The molecular formula is C39H64. The fourth-order valence-electron chi connectivity index (χ4n) is 6.67. The quantitative estimate of drug-likeness (QED) is 0.369. The van der Waals surface area contributed by atoms with Crippen LogP contribution >= 0.6 is 0 Å². The predicted molar refractivity (Wildman–Crippen MR) is 177 cm³/mol. The highest BCUT2D eigenvalue weighted by Crippen LogP contribution is 2.53. The van der Waals surface area contributed by atoms with E-state index in [1.54, 1.807) is 33.4 Å². The van der Waals surface area contributed by atoms with Gasteiger partial charge in [-0.15, -0.1) is 0 Å².